The van der Waals surface area contributed by atoms with Crippen molar-refractivity contribution in [1.82, 2.24) is 0 Å². The van der Waals surface area contributed by atoms with Crippen LogP contribution in [-0.4, -0.2) is 36.1 Å². The van der Waals surface area contributed by atoms with E-state index in [0.29, 0.717) is 12.1 Å². The predicted octanol–water partition coefficient (Wildman–Crippen LogP) is -0.188. The van der Waals surface area contributed by atoms with Crippen LogP contribution in [0.1, 0.15) is 13.8 Å². The molecule has 0 fully saturated rings. The number of hydrogen-bond acceptors (Lipinski definition) is 4. The van der Waals surface area contributed by atoms with E-state index in [1.807, 2.05) is 6.92 Å². The summed E-state index contributed by atoms with van der Waals surface area (Å²) in [6.45, 7) is 4.67. The van der Waals surface area contributed by atoms with Gasteiger partial charge in [0.25, 0.3) is 0 Å². The number of nitrogens with two attached hydrogens (primary N) is 2. The highest BCUT2D eigenvalue weighted by Gasteiger charge is 2.29. The summed E-state index contributed by atoms with van der Waals surface area (Å²) < 4.78 is 10.6. The third kappa shape index (κ3) is 3.74. The third-order valence-electron chi connectivity index (χ3n) is 2.52. The van der Waals surface area contributed by atoms with E-state index in [9.17, 15) is 0 Å². The summed E-state index contributed by atoms with van der Waals surface area (Å²) in [6.07, 6.45) is 0. The molecule has 5 heteroatoms. The lowest BCUT2D eigenvalue weighted by Crippen LogP contribution is -2.41. The molecule has 0 aliphatic rings. The maximum Gasteiger partial charge on any atom is 0.324 e. The maximum absolute atomic E-state index is 5.83. The van der Waals surface area contributed by atoms with E-state index < -0.39 is 9.28 Å². The zero-order valence-corrected chi connectivity index (χ0v) is 10.1. The van der Waals surface area contributed by atoms with Gasteiger partial charge < -0.3 is 20.3 Å². The highest BCUT2D eigenvalue weighted by Crippen LogP contribution is 2.23. The molecule has 3 unspecified atom stereocenters. The summed E-state index contributed by atoms with van der Waals surface area (Å²) in [5, 5.41) is 0. The molecule has 0 aromatic carbocycles. The van der Waals surface area contributed by atoms with Crippen LogP contribution < -0.4 is 11.5 Å². The van der Waals surface area contributed by atoms with Crippen LogP contribution in [-0.2, 0) is 8.85 Å². The maximum atomic E-state index is 5.83. The lowest BCUT2D eigenvalue weighted by atomic mass is 9.99. The molecule has 0 aromatic heterocycles. The van der Waals surface area contributed by atoms with Crippen LogP contribution in [0.2, 0.25) is 5.54 Å². The van der Waals surface area contributed by atoms with Gasteiger partial charge in [-0.1, -0.05) is 6.92 Å². The average Bonchev–Trinajstić information content (AvgIpc) is 2.07. The highest BCUT2D eigenvalue weighted by atomic mass is 28.3. The van der Waals surface area contributed by atoms with Gasteiger partial charge in [-0.25, -0.2) is 0 Å². The zero-order chi connectivity index (χ0) is 10.4. The SMILES string of the molecule is CO[SiH](OC)C(C)C(CN)C(C)N. The molecule has 13 heavy (non-hydrogen) atoms. The summed E-state index contributed by atoms with van der Waals surface area (Å²) in [5.74, 6) is 0.288. The van der Waals surface area contributed by atoms with Crippen molar-refractivity contribution >= 4 is 9.28 Å². The van der Waals surface area contributed by atoms with Crippen molar-refractivity contribution in [2.24, 2.45) is 17.4 Å². The lowest BCUT2D eigenvalue weighted by molar-refractivity contribution is 0.247. The smallest absolute Gasteiger partial charge is 0.324 e. The first-order valence-corrected chi connectivity index (χ1v) is 6.20. The predicted molar refractivity (Wildman–Crippen MR) is 56.8 cm³/mol. The molecule has 0 saturated heterocycles. The van der Waals surface area contributed by atoms with Crippen LogP contribution in [0, 0.1) is 5.92 Å². The number of rotatable bonds is 6. The van der Waals surface area contributed by atoms with Crippen LogP contribution >= 0.6 is 0 Å². The summed E-state index contributed by atoms with van der Waals surface area (Å²) in [7, 11) is 1.79. The monoisotopic (exact) mass is 206 g/mol. The molecule has 4 N–H and O–H groups in total. The van der Waals surface area contributed by atoms with Gasteiger partial charge >= 0.3 is 9.28 Å². The quantitative estimate of drug-likeness (QED) is 0.591. The highest BCUT2D eigenvalue weighted by molar-refractivity contribution is 6.46. The van der Waals surface area contributed by atoms with Crippen molar-refractivity contribution in [3.05, 3.63) is 0 Å². The Morgan fingerprint density at radius 1 is 1.23 bits per heavy atom. The van der Waals surface area contributed by atoms with Crippen LogP contribution in [0.3, 0.4) is 0 Å². The van der Waals surface area contributed by atoms with Crippen LogP contribution in [0.15, 0.2) is 0 Å². The third-order valence-corrected chi connectivity index (χ3v) is 4.80. The molecule has 0 heterocycles. The van der Waals surface area contributed by atoms with E-state index in [1.54, 1.807) is 14.2 Å². The second kappa shape index (κ2) is 6.50. The molecule has 0 aliphatic heterocycles. The molecule has 0 radical (unpaired) electrons. The molecule has 0 aromatic rings. The Balaban J connectivity index is 4.24. The van der Waals surface area contributed by atoms with Gasteiger partial charge in [0.1, 0.15) is 0 Å². The molecular formula is C8H22N2O2Si. The Kier molecular flexibility index (Phi) is 6.53. The molecule has 0 amide bonds. The first kappa shape index (κ1) is 13.1. The van der Waals surface area contributed by atoms with Gasteiger partial charge in [0.05, 0.1) is 0 Å². The largest absolute Gasteiger partial charge is 0.400 e. The average molecular weight is 206 g/mol. The molecule has 3 atom stereocenters. The van der Waals surface area contributed by atoms with Crippen LogP contribution in [0.5, 0.6) is 0 Å². The second-order valence-corrected chi connectivity index (χ2v) is 6.19. The summed E-state index contributed by atoms with van der Waals surface area (Å²) in [4.78, 5) is 0. The first-order chi connectivity index (χ1) is 6.08. The molecule has 4 nitrogen and oxygen atoms in total. The minimum atomic E-state index is -1.58. The first-order valence-electron chi connectivity index (χ1n) is 4.59. The summed E-state index contributed by atoms with van der Waals surface area (Å²) in [6, 6.07) is 0.0975. The van der Waals surface area contributed by atoms with Crippen molar-refractivity contribution in [3.8, 4) is 0 Å². The Morgan fingerprint density at radius 3 is 1.92 bits per heavy atom. The van der Waals surface area contributed by atoms with E-state index in [4.69, 9.17) is 20.3 Å². The van der Waals surface area contributed by atoms with Gasteiger partial charge in [0, 0.05) is 25.8 Å². The van der Waals surface area contributed by atoms with Crippen molar-refractivity contribution < 1.29 is 8.85 Å². The standard InChI is InChI=1S/C8H22N2O2Si/c1-6(10)8(5-9)7(2)13(11-3)12-4/h6-8,13H,5,9-10H2,1-4H3. The van der Waals surface area contributed by atoms with Gasteiger partial charge in [-0.3, -0.25) is 0 Å². The van der Waals surface area contributed by atoms with Gasteiger partial charge in [0.15, 0.2) is 0 Å². The molecule has 0 bridgehead atoms. The second-order valence-electron chi connectivity index (χ2n) is 3.46. The van der Waals surface area contributed by atoms with Crippen molar-refractivity contribution in [2.75, 3.05) is 20.8 Å². The molecular weight excluding hydrogens is 184 g/mol. The van der Waals surface area contributed by atoms with Gasteiger partial charge in [-0.15, -0.1) is 0 Å². The Morgan fingerprint density at radius 2 is 1.69 bits per heavy atom. The Hall–Kier alpha value is 0.0569. The fourth-order valence-corrected chi connectivity index (χ4v) is 3.60. The fourth-order valence-electron chi connectivity index (χ4n) is 1.64. The lowest BCUT2D eigenvalue weighted by Gasteiger charge is -2.29. The minimum absolute atomic E-state index is 0.0975. The minimum Gasteiger partial charge on any atom is -0.400 e. The molecule has 0 rings (SSSR count). The van der Waals surface area contributed by atoms with Crippen molar-refractivity contribution in [1.29, 1.82) is 0 Å². The van der Waals surface area contributed by atoms with Crippen molar-refractivity contribution in [3.63, 3.8) is 0 Å². The van der Waals surface area contributed by atoms with E-state index in [1.165, 1.54) is 0 Å². The van der Waals surface area contributed by atoms with E-state index >= 15 is 0 Å². The normalized spacial score (nSPS) is 18.7. The Bertz CT molecular complexity index is 131. The molecule has 0 saturated carbocycles. The summed E-state index contributed by atoms with van der Waals surface area (Å²) >= 11 is 0. The van der Waals surface area contributed by atoms with Gasteiger partial charge in [-0.05, 0) is 19.4 Å². The Labute approximate surface area is 82.4 Å². The zero-order valence-electron chi connectivity index (χ0n) is 8.99. The van der Waals surface area contributed by atoms with E-state index in [-0.39, 0.29) is 12.0 Å². The van der Waals surface area contributed by atoms with Gasteiger partial charge in [-0.2, -0.15) is 0 Å². The molecule has 0 spiro atoms. The number of hydrogen-bond donors (Lipinski definition) is 2. The van der Waals surface area contributed by atoms with E-state index in [2.05, 4.69) is 6.92 Å². The topological polar surface area (TPSA) is 70.5 Å². The fraction of sp³-hybridized carbons (Fsp3) is 1.00. The van der Waals surface area contributed by atoms with Crippen molar-refractivity contribution in [2.45, 2.75) is 25.4 Å². The molecule has 80 valence electrons. The van der Waals surface area contributed by atoms with E-state index in [0.717, 1.165) is 0 Å². The molecule has 0 aliphatic carbocycles. The van der Waals surface area contributed by atoms with Crippen LogP contribution in [0.25, 0.3) is 0 Å². The van der Waals surface area contributed by atoms with Crippen LogP contribution in [0.4, 0.5) is 0 Å². The van der Waals surface area contributed by atoms with Gasteiger partial charge in [0.2, 0.25) is 0 Å². The summed E-state index contributed by atoms with van der Waals surface area (Å²) in [5.41, 5.74) is 11.8.